The van der Waals surface area contributed by atoms with Crippen LogP contribution < -0.4 is 0 Å². The van der Waals surface area contributed by atoms with Gasteiger partial charge in [0.2, 0.25) is 0 Å². The fraction of sp³-hybridized carbons (Fsp3) is 0.562. The van der Waals surface area contributed by atoms with Crippen molar-refractivity contribution in [2.24, 2.45) is 0 Å². The summed E-state index contributed by atoms with van der Waals surface area (Å²) < 4.78 is 7.45. The Balaban J connectivity index is 1.60. The monoisotopic (exact) mass is 288 g/mol. The number of hydrogen-bond donors (Lipinski definition) is 0. The van der Waals surface area contributed by atoms with Crippen LogP contribution in [0.25, 0.3) is 5.52 Å². The van der Waals surface area contributed by atoms with Crippen molar-refractivity contribution in [1.82, 2.24) is 19.4 Å². The molecule has 1 aliphatic rings. The van der Waals surface area contributed by atoms with Gasteiger partial charge < -0.3 is 4.74 Å². The number of ether oxygens (including phenoxy) is 1. The second-order valence-corrected chi connectivity index (χ2v) is 5.88. The second-order valence-electron chi connectivity index (χ2n) is 5.88. The Bertz CT molecular complexity index is 576. The molecule has 1 unspecified atom stereocenters. The van der Waals surface area contributed by atoms with Gasteiger partial charge in [-0.25, -0.2) is 4.52 Å². The van der Waals surface area contributed by atoms with Crippen LogP contribution in [0.4, 0.5) is 0 Å². The number of nitrogens with zero attached hydrogens (tertiary/aromatic N) is 4. The van der Waals surface area contributed by atoms with E-state index < -0.39 is 0 Å². The zero-order chi connectivity index (χ0) is 14.7. The van der Waals surface area contributed by atoms with Gasteiger partial charge in [-0.1, -0.05) is 6.07 Å². The van der Waals surface area contributed by atoms with Crippen LogP contribution in [-0.4, -0.2) is 65.4 Å². The molecule has 3 heterocycles. The number of hydrogen-bond acceptors (Lipinski definition) is 4. The second kappa shape index (κ2) is 6.56. The normalized spacial score (nSPS) is 18.4. The van der Waals surface area contributed by atoms with Crippen LogP contribution in [0.5, 0.6) is 0 Å². The van der Waals surface area contributed by atoms with E-state index in [-0.39, 0.29) is 0 Å². The summed E-state index contributed by atoms with van der Waals surface area (Å²) in [6, 6.07) is 8.93. The Kier molecular flexibility index (Phi) is 4.53. The van der Waals surface area contributed by atoms with Crippen molar-refractivity contribution in [3.63, 3.8) is 0 Å². The van der Waals surface area contributed by atoms with E-state index in [1.807, 2.05) is 16.8 Å². The summed E-state index contributed by atoms with van der Waals surface area (Å²) >= 11 is 0. The summed E-state index contributed by atoms with van der Waals surface area (Å²) in [6.07, 6.45) is 1.86. The molecule has 1 fully saturated rings. The summed E-state index contributed by atoms with van der Waals surface area (Å²) in [5.41, 5.74) is 2.39. The summed E-state index contributed by atoms with van der Waals surface area (Å²) in [4.78, 5) is 4.88. The third-order valence-corrected chi connectivity index (χ3v) is 4.18. The smallest absolute Gasteiger partial charge is 0.0665 e. The van der Waals surface area contributed by atoms with Crippen LogP contribution in [0.1, 0.15) is 12.6 Å². The van der Waals surface area contributed by atoms with Gasteiger partial charge in [0.15, 0.2) is 0 Å². The molecule has 0 bridgehead atoms. The number of rotatable bonds is 5. The molecule has 1 atom stereocenters. The summed E-state index contributed by atoms with van der Waals surface area (Å²) in [5.74, 6) is 0. The lowest BCUT2D eigenvalue weighted by molar-refractivity contribution is 0.0136. The van der Waals surface area contributed by atoms with Crippen molar-refractivity contribution in [3.05, 3.63) is 36.2 Å². The zero-order valence-electron chi connectivity index (χ0n) is 12.9. The van der Waals surface area contributed by atoms with E-state index in [9.17, 15) is 0 Å². The van der Waals surface area contributed by atoms with Gasteiger partial charge in [-0.3, -0.25) is 9.80 Å². The molecule has 3 rings (SSSR count). The maximum absolute atomic E-state index is 5.42. The van der Waals surface area contributed by atoms with E-state index in [0.717, 1.165) is 44.9 Å². The first-order chi connectivity index (χ1) is 10.2. The zero-order valence-corrected chi connectivity index (χ0v) is 12.9. The van der Waals surface area contributed by atoms with Crippen LogP contribution in [-0.2, 0) is 11.3 Å². The van der Waals surface area contributed by atoms with E-state index in [0.29, 0.717) is 6.04 Å². The SMILES string of the molecule is CC(CN(C)Cc1cccc2ccnn12)N1CCOCC1. The molecule has 1 aliphatic heterocycles. The molecule has 0 aromatic carbocycles. The number of pyridine rings is 1. The number of morpholine rings is 1. The van der Waals surface area contributed by atoms with Crippen molar-refractivity contribution in [2.75, 3.05) is 39.9 Å². The molecule has 2 aromatic rings. The molecule has 0 amide bonds. The molecule has 5 nitrogen and oxygen atoms in total. The highest BCUT2D eigenvalue weighted by Crippen LogP contribution is 2.10. The Morgan fingerprint density at radius 2 is 2.10 bits per heavy atom. The van der Waals surface area contributed by atoms with Gasteiger partial charge in [-0.15, -0.1) is 0 Å². The van der Waals surface area contributed by atoms with Crippen molar-refractivity contribution >= 4 is 5.52 Å². The average molecular weight is 288 g/mol. The number of likely N-dealkylation sites (N-methyl/N-ethyl adjacent to an activating group) is 1. The fourth-order valence-corrected chi connectivity index (χ4v) is 3.05. The lowest BCUT2D eigenvalue weighted by atomic mass is 10.2. The molecular weight excluding hydrogens is 264 g/mol. The summed E-state index contributed by atoms with van der Waals surface area (Å²) in [6.45, 7) is 8.08. The molecule has 0 N–H and O–H groups in total. The van der Waals surface area contributed by atoms with Crippen LogP contribution in [0, 0.1) is 0 Å². The predicted octanol–water partition coefficient (Wildman–Crippen LogP) is 1.49. The van der Waals surface area contributed by atoms with Crippen LogP contribution >= 0.6 is 0 Å². The van der Waals surface area contributed by atoms with E-state index in [4.69, 9.17) is 4.74 Å². The van der Waals surface area contributed by atoms with Gasteiger partial charge in [0.25, 0.3) is 0 Å². The minimum Gasteiger partial charge on any atom is -0.379 e. The largest absolute Gasteiger partial charge is 0.379 e. The van der Waals surface area contributed by atoms with E-state index in [1.165, 1.54) is 5.69 Å². The maximum Gasteiger partial charge on any atom is 0.0665 e. The van der Waals surface area contributed by atoms with Crippen molar-refractivity contribution in [1.29, 1.82) is 0 Å². The average Bonchev–Trinajstić information content (AvgIpc) is 2.97. The molecule has 114 valence electrons. The van der Waals surface area contributed by atoms with Gasteiger partial charge in [0, 0.05) is 38.4 Å². The Hall–Kier alpha value is -1.43. The molecule has 5 heteroatoms. The lowest BCUT2D eigenvalue weighted by Gasteiger charge is -2.34. The van der Waals surface area contributed by atoms with E-state index in [1.54, 1.807) is 0 Å². The molecule has 21 heavy (non-hydrogen) atoms. The van der Waals surface area contributed by atoms with E-state index >= 15 is 0 Å². The molecule has 2 aromatic heterocycles. The Morgan fingerprint density at radius 1 is 1.29 bits per heavy atom. The van der Waals surface area contributed by atoms with Crippen LogP contribution in [0.3, 0.4) is 0 Å². The van der Waals surface area contributed by atoms with E-state index in [2.05, 4.69) is 47.1 Å². The van der Waals surface area contributed by atoms with Crippen LogP contribution in [0.15, 0.2) is 30.5 Å². The molecule has 0 radical (unpaired) electrons. The highest BCUT2D eigenvalue weighted by atomic mass is 16.5. The summed E-state index contributed by atoms with van der Waals surface area (Å²) in [5, 5.41) is 4.40. The third-order valence-electron chi connectivity index (χ3n) is 4.18. The van der Waals surface area contributed by atoms with Gasteiger partial charge in [0.1, 0.15) is 0 Å². The molecular formula is C16H24N4O. The van der Waals surface area contributed by atoms with Crippen LogP contribution in [0.2, 0.25) is 0 Å². The topological polar surface area (TPSA) is 33.0 Å². The maximum atomic E-state index is 5.42. The Morgan fingerprint density at radius 3 is 2.90 bits per heavy atom. The highest BCUT2D eigenvalue weighted by Gasteiger charge is 2.18. The van der Waals surface area contributed by atoms with Gasteiger partial charge in [-0.2, -0.15) is 5.10 Å². The molecule has 0 saturated carbocycles. The lowest BCUT2D eigenvalue weighted by Crippen LogP contribution is -2.46. The molecule has 1 saturated heterocycles. The first-order valence-electron chi connectivity index (χ1n) is 7.66. The van der Waals surface area contributed by atoms with Gasteiger partial charge in [0.05, 0.1) is 24.4 Å². The molecule has 0 aliphatic carbocycles. The van der Waals surface area contributed by atoms with Gasteiger partial charge in [-0.05, 0) is 32.2 Å². The Labute approximate surface area is 126 Å². The minimum absolute atomic E-state index is 0.552. The number of fused-ring (bicyclic) bond motifs is 1. The first-order valence-corrected chi connectivity index (χ1v) is 7.66. The summed E-state index contributed by atoms with van der Waals surface area (Å²) in [7, 11) is 2.18. The first kappa shape index (κ1) is 14.5. The number of aromatic nitrogens is 2. The predicted molar refractivity (Wildman–Crippen MR) is 83.4 cm³/mol. The van der Waals surface area contributed by atoms with Crippen molar-refractivity contribution in [2.45, 2.75) is 19.5 Å². The van der Waals surface area contributed by atoms with Gasteiger partial charge >= 0.3 is 0 Å². The van der Waals surface area contributed by atoms with Crippen molar-refractivity contribution < 1.29 is 4.74 Å². The standard InChI is InChI=1S/C16H24N4O/c1-14(19-8-10-21-11-9-19)12-18(2)13-16-5-3-4-15-6-7-17-20(15)16/h3-7,14H,8-13H2,1-2H3. The quantitative estimate of drug-likeness (QED) is 0.834. The minimum atomic E-state index is 0.552. The highest BCUT2D eigenvalue weighted by molar-refractivity contribution is 5.46. The fourth-order valence-electron chi connectivity index (χ4n) is 3.05. The third kappa shape index (κ3) is 3.43. The van der Waals surface area contributed by atoms with Crippen molar-refractivity contribution in [3.8, 4) is 0 Å². The molecule has 0 spiro atoms.